The van der Waals surface area contributed by atoms with Crippen molar-refractivity contribution in [2.24, 2.45) is 0 Å². The van der Waals surface area contributed by atoms with E-state index in [9.17, 15) is 0 Å². The van der Waals surface area contributed by atoms with E-state index < -0.39 is 0 Å². The lowest BCUT2D eigenvalue weighted by molar-refractivity contribution is 1.17. The van der Waals surface area contributed by atoms with Gasteiger partial charge in [0.25, 0.3) is 0 Å². The molecule has 0 saturated heterocycles. The van der Waals surface area contributed by atoms with Crippen LogP contribution in [0.25, 0.3) is 233 Å². The van der Waals surface area contributed by atoms with Crippen molar-refractivity contribution in [3.05, 3.63) is 443 Å². The molecule has 24 aromatic rings. The van der Waals surface area contributed by atoms with Crippen LogP contribution in [0.15, 0.2) is 443 Å². The Bertz CT molecular complexity index is 8240. The molecular formula is C115H73N7. The van der Waals surface area contributed by atoms with Gasteiger partial charge in [0.05, 0.1) is 66.9 Å². The number of rotatable bonds is 14. The third-order valence-corrected chi connectivity index (χ3v) is 24.8. The number of nitrogens with zero attached hydrogens (tertiary/aromatic N) is 7. The van der Waals surface area contributed by atoms with Crippen LogP contribution in [-0.2, 0) is 0 Å². The first-order valence-electron chi connectivity index (χ1n) is 41.7. The highest BCUT2D eigenvalue weighted by atomic mass is 15.0. The minimum atomic E-state index is 0.676. The minimum absolute atomic E-state index is 0.676. The average molecular weight is 1550 g/mol. The normalized spacial score (nSPS) is 11.8. The van der Waals surface area contributed by atoms with Crippen molar-refractivity contribution < 1.29 is 0 Å². The Morgan fingerprint density at radius 1 is 0.156 bits per heavy atom. The van der Waals surface area contributed by atoms with Gasteiger partial charge in [0.1, 0.15) is 0 Å². The lowest BCUT2D eigenvalue weighted by atomic mass is 9.96. The molecule has 6 heterocycles. The van der Waals surface area contributed by atoms with E-state index in [1.165, 1.54) is 76.1 Å². The summed E-state index contributed by atoms with van der Waals surface area (Å²) in [6, 6.07) is 161. The van der Waals surface area contributed by atoms with Crippen LogP contribution in [-0.4, -0.2) is 33.2 Å². The Morgan fingerprint density at radius 2 is 0.516 bits per heavy atom. The molecule has 18 aromatic carbocycles. The van der Waals surface area contributed by atoms with Crippen LogP contribution in [0.4, 0.5) is 0 Å². The monoisotopic (exact) mass is 1550 g/mol. The maximum Gasteiger partial charge on any atom is 0.161 e. The van der Waals surface area contributed by atoms with Gasteiger partial charge < -0.3 is 18.3 Å². The predicted octanol–water partition coefficient (Wildman–Crippen LogP) is 30.1. The lowest BCUT2D eigenvalue weighted by Crippen LogP contribution is -1.98. The summed E-state index contributed by atoms with van der Waals surface area (Å²) in [5, 5.41) is 12.1. The number of fused-ring (bicyclic) bond motifs is 15. The number of hydrogen-bond acceptors (Lipinski definition) is 3. The highest BCUT2D eigenvalue weighted by molar-refractivity contribution is 6.28. The zero-order chi connectivity index (χ0) is 80.3. The molecular weight excluding hydrogens is 1480 g/mol. The maximum absolute atomic E-state index is 5.41. The zero-order valence-corrected chi connectivity index (χ0v) is 66.3. The summed E-state index contributed by atoms with van der Waals surface area (Å²) in [6.07, 6.45) is 0. The largest absolute Gasteiger partial charge is 0.309 e. The lowest BCUT2D eigenvalue weighted by Gasteiger charge is -2.14. The molecule has 0 bridgehead atoms. The highest BCUT2D eigenvalue weighted by Crippen LogP contribution is 2.47. The van der Waals surface area contributed by atoms with Crippen molar-refractivity contribution >= 4 is 98.0 Å². The average Bonchev–Trinajstić information content (AvgIpc) is 1.55. The molecule has 0 N–H and O–H groups in total. The quantitative estimate of drug-likeness (QED) is 0.109. The van der Waals surface area contributed by atoms with E-state index in [1.807, 2.05) is 6.07 Å². The van der Waals surface area contributed by atoms with Gasteiger partial charge in [-0.15, -0.1) is 0 Å². The maximum atomic E-state index is 5.41. The van der Waals surface area contributed by atoms with Gasteiger partial charge in [-0.05, 0) is 176 Å². The molecule has 568 valence electrons. The van der Waals surface area contributed by atoms with Gasteiger partial charge in [-0.3, -0.25) is 0 Å². The Kier molecular flexibility index (Phi) is 16.5. The topological polar surface area (TPSA) is 58.4 Å². The molecule has 0 aliphatic carbocycles. The molecule has 0 unspecified atom stereocenters. The molecule has 0 spiro atoms. The number of pyridine rings is 1. The number of para-hydroxylation sites is 5. The van der Waals surface area contributed by atoms with E-state index in [-0.39, 0.29) is 0 Å². The molecule has 122 heavy (non-hydrogen) atoms. The molecule has 7 heteroatoms. The second kappa shape index (κ2) is 28.8. The molecule has 0 aliphatic heterocycles. The molecule has 24 rings (SSSR count). The van der Waals surface area contributed by atoms with E-state index >= 15 is 0 Å². The predicted molar refractivity (Wildman–Crippen MR) is 509 cm³/mol. The third kappa shape index (κ3) is 11.7. The van der Waals surface area contributed by atoms with Crippen LogP contribution in [0.3, 0.4) is 0 Å². The fraction of sp³-hybridized carbons (Fsp3) is 0. The molecule has 0 aliphatic rings. The van der Waals surface area contributed by atoms with Crippen LogP contribution < -0.4 is 0 Å². The van der Waals surface area contributed by atoms with E-state index in [0.29, 0.717) is 5.82 Å². The number of benzene rings is 18. The van der Waals surface area contributed by atoms with Crippen LogP contribution in [0, 0.1) is 0 Å². The van der Waals surface area contributed by atoms with Crippen LogP contribution in [0.2, 0.25) is 0 Å². The number of hydrogen-bond donors (Lipinski definition) is 0. The SMILES string of the molecule is c1ccc(-c2cc(-c3ccc(-c4ccc(-c5ccc6c7ccc8c(c9ccccc9n8-c8ccc(-c9ccccc9-c9nc(-c%10ccccc%10)cc(-c%10cccc%11ccccc%10%11)n9)cc8)c7n(-c7ccccc7)c6c5)cc4)cc3)cc(-c3cccc(-c4ccc(-n5c6ccccc6c6c5ccc5c7ccccc7n(-c7ccccc7)c56)cc4)c3)n2)cc1. The summed E-state index contributed by atoms with van der Waals surface area (Å²) in [5.74, 6) is 0.676. The summed E-state index contributed by atoms with van der Waals surface area (Å²) in [6.45, 7) is 0. The molecule has 0 saturated carbocycles. The Morgan fingerprint density at radius 3 is 1.10 bits per heavy atom. The first-order valence-corrected chi connectivity index (χ1v) is 41.7. The van der Waals surface area contributed by atoms with Gasteiger partial charge in [-0.1, -0.05) is 334 Å². The highest BCUT2D eigenvalue weighted by Gasteiger charge is 2.26. The van der Waals surface area contributed by atoms with Crippen LogP contribution in [0.5, 0.6) is 0 Å². The standard InChI is InChI=1S/C115H73N7/c1-5-26-81(27-6-1)101-70-86(71-102(116-101)85-32-23-31-83(69-85)77-55-60-89(61-56-77)119-106-45-21-18-41-99(106)111-108(119)67-65-96-94-39-17-20-44-105(94)121(113(96)111)87-33-9-3-10-34-87)78-53-49-75(50-54-78)74-47-51-76(52-48-74)84-59-64-95-97-66-68-109-112(114(97)122(110(95)72-84)88-35-11-4-12-36-88)100-42-19-22-46-107(100)120(109)90-62-57-80(58-63-90)92-38-15-16-40-98(92)115-117-103(82-28-7-2-8-29-82)73-104(118-115)93-43-24-30-79-25-13-14-37-91(79)93/h1-73H. The van der Waals surface area contributed by atoms with Crippen molar-refractivity contribution in [1.29, 1.82) is 0 Å². The van der Waals surface area contributed by atoms with Crippen molar-refractivity contribution in [3.63, 3.8) is 0 Å². The van der Waals surface area contributed by atoms with Gasteiger partial charge in [0.2, 0.25) is 0 Å². The smallest absolute Gasteiger partial charge is 0.161 e. The van der Waals surface area contributed by atoms with Gasteiger partial charge in [-0.25, -0.2) is 15.0 Å². The third-order valence-electron chi connectivity index (χ3n) is 24.8. The van der Waals surface area contributed by atoms with Crippen molar-refractivity contribution in [2.45, 2.75) is 0 Å². The second-order valence-corrected chi connectivity index (χ2v) is 31.7. The Balaban J connectivity index is 0.535. The molecule has 7 nitrogen and oxygen atoms in total. The fourth-order valence-electron chi connectivity index (χ4n) is 19.1. The van der Waals surface area contributed by atoms with Crippen LogP contribution >= 0.6 is 0 Å². The van der Waals surface area contributed by atoms with E-state index in [0.717, 1.165) is 151 Å². The van der Waals surface area contributed by atoms with Gasteiger partial charge in [0.15, 0.2) is 5.82 Å². The summed E-state index contributed by atoms with van der Waals surface area (Å²) in [5.41, 5.74) is 33.8. The minimum Gasteiger partial charge on any atom is -0.309 e. The number of aromatic nitrogens is 7. The molecule has 0 radical (unpaired) electrons. The first kappa shape index (κ1) is 69.9. The summed E-state index contributed by atoms with van der Waals surface area (Å²) in [7, 11) is 0. The summed E-state index contributed by atoms with van der Waals surface area (Å²) in [4.78, 5) is 16.1. The first-order chi connectivity index (χ1) is 60.5. The van der Waals surface area contributed by atoms with Crippen molar-refractivity contribution in [2.75, 3.05) is 0 Å². The summed E-state index contributed by atoms with van der Waals surface area (Å²) >= 11 is 0. The molecule has 0 atom stereocenters. The van der Waals surface area contributed by atoms with Gasteiger partial charge in [0, 0.05) is 93.7 Å². The summed E-state index contributed by atoms with van der Waals surface area (Å²) < 4.78 is 9.80. The van der Waals surface area contributed by atoms with Gasteiger partial charge in [-0.2, -0.15) is 0 Å². The van der Waals surface area contributed by atoms with E-state index in [1.54, 1.807) is 0 Å². The Labute approximate surface area is 704 Å². The second-order valence-electron chi connectivity index (χ2n) is 31.7. The van der Waals surface area contributed by atoms with Crippen molar-refractivity contribution in [3.8, 4) is 135 Å². The van der Waals surface area contributed by atoms with Gasteiger partial charge >= 0.3 is 0 Å². The molecule has 6 aromatic heterocycles. The van der Waals surface area contributed by atoms with E-state index in [2.05, 4.69) is 455 Å². The molecule has 0 fully saturated rings. The zero-order valence-electron chi connectivity index (χ0n) is 66.3. The molecule has 0 amide bonds. The van der Waals surface area contributed by atoms with Crippen LogP contribution in [0.1, 0.15) is 0 Å². The fourth-order valence-corrected chi connectivity index (χ4v) is 19.1. The van der Waals surface area contributed by atoms with Crippen molar-refractivity contribution in [1.82, 2.24) is 33.2 Å². The van der Waals surface area contributed by atoms with E-state index in [4.69, 9.17) is 15.0 Å². The Hall–Kier alpha value is -16.4.